The van der Waals surface area contributed by atoms with Crippen molar-refractivity contribution < 1.29 is 0 Å². The molecule has 1 unspecified atom stereocenters. The first-order chi connectivity index (χ1) is 6.25. The summed E-state index contributed by atoms with van der Waals surface area (Å²) in [5.41, 5.74) is 0. The number of nitrogens with zero attached hydrogens (tertiary/aromatic N) is 3. The van der Waals surface area contributed by atoms with Crippen LogP contribution in [0.3, 0.4) is 0 Å². The minimum atomic E-state index is 0.205. The van der Waals surface area contributed by atoms with Gasteiger partial charge in [0.2, 0.25) is 0 Å². The Hall–Kier alpha value is -0.970. The van der Waals surface area contributed by atoms with Gasteiger partial charge >= 0.3 is 0 Å². The molecule has 1 fully saturated rings. The predicted octanol–water partition coefficient (Wildman–Crippen LogP) is 0.649. The molecule has 1 aliphatic carbocycles. The van der Waals surface area contributed by atoms with E-state index < -0.39 is 0 Å². The molecule has 2 N–H and O–H groups in total. The Kier molecular flexibility index (Phi) is 2.26. The van der Waals surface area contributed by atoms with Crippen molar-refractivity contribution >= 4 is 0 Å². The number of aromatic nitrogens is 4. The normalized spacial score (nSPS) is 29.7. The molecule has 0 aliphatic heterocycles. The fourth-order valence-corrected chi connectivity index (χ4v) is 1.82. The number of H-pyrrole nitrogens is 1. The minimum Gasteiger partial charge on any atom is -0.305 e. The minimum absolute atomic E-state index is 0.205. The van der Waals surface area contributed by atoms with Crippen molar-refractivity contribution in [1.29, 1.82) is 0 Å². The average Bonchev–Trinajstić information content (AvgIpc) is 2.53. The molecule has 1 atom stereocenters. The second kappa shape index (κ2) is 3.41. The smallest absolute Gasteiger partial charge is 0.191 e. The van der Waals surface area contributed by atoms with Gasteiger partial charge < -0.3 is 5.32 Å². The lowest BCUT2D eigenvalue weighted by atomic mass is 9.81. The van der Waals surface area contributed by atoms with E-state index in [-0.39, 0.29) is 6.04 Å². The summed E-state index contributed by atoms with van der Waals surface area (Å²) >= 11 is 0. The zero-order valence-electron chi connectivity index (χ0n) is 7.99. The Bertz CT molecular complexity index is 252. The fraction of sp³-hybridized carbons (Fsp3) is 0.875. The number of tetrazole rings is 1. The number of hydrogen-bond acceptors (Lipinski definition) is 4. The van der Waals surface area contributed by atoms with Crippen molar-refractivity contribution in [1.82, 2.24) is 25.9 Å². The third kappa shape index (κ3) is 1.85. The van der Waals surface area contributed by atoms with Gasteiger partial charge in [0.1, 0.15) is 0 Å². The molecule has 1 saturated carbocycles. The van der Waals surface area contributed by atoms with Crippen LogP contribution >= 0.6 is 0 Å². The van der Waals surface area contributed by atoms with E-state index in [0.29, 0.717) is 6.04 Å². The molecule has 0 saturated heterocycles. The van der Waals surface area contributed by atoms with Crippen LogP contribution in [0.2, 0.25) is 0 Å². The summed E-state index contributed by atoms with van der Waals surface area (Å²) in [4.78, 5) is 0. The molecule has 0 spiro atoms. The Morgan fingerprint density at radius 1 is 1.54 bits per heavy atom. The summed E-state index contributed by atoms with van der Waals surface area (Å²) in [6.45, 7) is 4.34. The number of nitrogens with one attached hydrogen (secondary N) is 2. The highest BCUT2D eigenvalue weighted by molar-refractivity contribution is 4.91. The first kappa shape index (κ1) is 8.62. The van der Waals surface area contributed by atoms with Gasteiger partial charge in [-0.15, -0.1) is 10.2 Å². The highest BCUT2D eigenvalue weighted by Crippen LogP contribution is 2.27. The highest BCUT2D eigenvalue weighted by Gasteiger charge is 2.27. The van der Waals surface area contributed by atoms with Gasteiger partial charge in [0.05, 0.1) is 6.04 Å². The number of aromatic amines is 1. The molecule has 5 heteroatoms. The van der Waals surface area contributed by atoms with Gasteiger partial charge in [-0.2, -0.15) is 5.21 Å². The Morgan fingerprint density at radius 2 is 2.31 bits per heavy atom. The Labute approximate surface area is 77.3 Å². The van der Waals surface area contributed by atoms with Gasteiger partial charge in [0.25, 0.3) is 0 Å². The summed E-state index contributed by atoms with van der Waals surface area (Å²) in [6, 6.07) is 0.847. The van der Waals surface area contributed by atoms with Crippen LogP contribution in [-0.4, -0.2) is 26.7 Å². The maximum Gasteiger partial charge on any atom is 0.191 e. The largest absolute Gasteiger partial charge is 0.305 e. The molecular formula is C8H15N5. The van der Waals surface area contributed by atoms with E-state index >= 15 is 0 Å². The molecule has 1 heterocycles. The van der Waals surface area contributed by atoms with E-state index in [1.165, 1.54) is 12.8 Å². The number of rotatable bonds is 3. The van der Waals surface area contributed by atoms with E-state index in [1.807, 2.05) is 0 Å². The average molecular weight is 181 g/mol. The van der Waals surface area contributed by atoms with E-state index in [4.69, 9.17) is 0 Å². The number of hydrogen-bond donors (Lipinski definition) is 2. The van der Waals surface area contributed by atoms with E-state index in [9.17, 15) is 0 Å². The third-order valence-electron chi connectivity index (χ3n) is 2.61. The quantitative estimate of drug-likeness (QED) is 0.718. The van der Waals surface area contributed by atoms with Crippen molar-refractivity contribution in [3.8, 4) is 0 Å². The lowest BCUT2D eigenvalue weighted by molar-refractivity contribution is 0.224. The molecular weight excluding hydrogens is 166 g/mol. The second-order valence-corrected chi connectivity index (χ2v) is 3.93. The molecule has 1 aromatic heterocycles. The topological polar surface area (TPSA) is 66.5 Å². The molecule has 0 bridgehead atoms. The van der Waals surface area contributed by atoms with Crippen molar-refractivity contribution in [3.05, 3.63) is 5.82 Å². The fourth-order valence-electron chi connectivity index (χ4n) is 1.82. The van der Waals surface area contributed by atoms with Gasteiger partial charge in [0.15, 0.2) is 5.82 Å². The van der Waals surface area contributed by atoms with Gasteiger partial charge in [0, 0.05) is 6.04 Å². The van der Waals surface area contributed by atoms with Crippen molar-refractivity contribution in [2.45, 2.75) is 38.8 Å². The van der Waals surface area contributed by atoms with Crippen LogP contribution in [0.4, 0.5) is 0 Å². The molecule has 13 heavy (non-hydrogen) atoms. The summed E-state index contributed by atoms with van der Waals surface area (Å²) in [7, 11) is 0. The Morgan fingerprint density at radius 3 is 2.85 bits per heavy atom. The molecule has 72 valence electrons. The van der Waals surface area contributed by atoms with E-state index in [1.54, 1.807) is 0 Å². The molecule has 1 aliphatic rings. The SMILES string of the molecule is CC1CC(NC(C)c2nn[nH]n2)C1. The summed E-state index contributed by atoms with van der Waals surface area (Å²) in [6.07, 6.45) is 2.53. The molecule has 0 radical (unpaired) electrons. The highest BCUT2D eigenvalue weighted by atomic mass is 15.5. The van der Waals surface area contributed by atoms with Gasteiger partial charge in [-0.25, -0.2) is 0 Å². The zero-order valence-corrected chi connectivity index (χ0v) is 7.99. The van der Waals surface area contributed by atoms with Crippen LogP contribution in [0.1, 0.15) is 38.6 Å². The van der Waals surface area contributed by atoms with Crippen molar-refractivity contribution in [3.63, 3.8) is 0 Å². The lowest BCUT2D eigenvalue weighted by Gasteiger charge is -2.34. The van der Waals surface area contributed by atoms with Gasteiger partial charge in [-0.05, 0) is 25.7 Å². The zero-order chi connectivity index (χ0) is 9.26. The van der Waals surface area contributed by atoms with Crippen LogP contribution in [0.25, 0.3) is 0 Å². The predicted molar refractivity (Wildman–Crippen MR) is 47.9 cm³/mol. The molecule has 0 amide bonds. The maximum atomic E-state index is 3.94. The first-order valence-corrected chi connectivity index (χ1v) is 4.75. The van der Waals surface area contributed by atoms with Gasteiger partial charge in [-0.3, -0.25) is 0 Å². The molecule has 0 aromatic carbocycles. The first-order valence-electron chi connectivity index (χ1n) is 4.75. The monoisotopic (exact) mass is 181 g/mol. The van der Waals surface area contributed by atoms with E-state index in [0.717, 1.165) is 11.7 Å². The lowest BCUT2D eigenvalue weighted by Crippen LogP contribution is -2.41. The van der Waals surface area contributed by atoms with Crippen LogP contribution in [0.5, 0.6) is 0 Å². The van der Waals surface area contributed by atoms with Gasteiger partial charge in [-0.1, -0.05) is 12.1 Å². The second-order valence-electron chi connectivity index (χ2n) is 3.93. The summed E-state index contributed by atoms with van der Waals surface area (Å²) in [5, 5.41) is 17.3. The third-order valence-corrected chi connectivity index (χ3v) is 2.61. The van der Waals surface area contributed by atoms with Crippen LogP contribution in [-0.2, 0) is 0 Å². The standard InChI is InChI=1S/C8H15N5/c1-5-3-7(4-5)9-6(2)8-10-12-13-11-8/h5-7,9H,3-4H2,1-2H3,(H,10,11,12,13). The Balaban J connectivity index is 1.82. The maximum absolute atomic E-state index is 3.94. The molecule has 1 aromatic rings. The van der Waals surface area contributed by atoms with E-state index in [2.05, 4.69) is 39.8 Å². The van der Waals surface area contributed by atoms with Crippen molar-refractivity contribution in [2.75, 3.05) is 0 Å². The molecule has 5 nitrogen and oxygen atoms in total. The van der Waals surface area contributed by atoms with Crippen LogP contribution < -0.4 is 5.32 Å². The summed E-state index contributed by atoms with van der Waals surface area (Å²) < 4.78 is 0. The molecule has 2 rings (SSSR count). The van der Waals surface area contributed by atoms with Crippen LogP contribution in [0, 0.1) is 5.92 Å². The van der Waals surface area contributed by atoms with Crippen molar-refractivity contribution in [2.24, 2.45) is 5.92 Å². The van der Waals surface area contributed by atoms with Crippen LogP contribution in [0.15, 0.2) is 0 Å². The summed E-state index contributed by atoms with van der Waals surface area (Å²) in [5.74, 6) is 1.62.